The van der Waals surface area contributed by atoms with Gasteiger partial charge in [0, 0.05) is 26.3 Å². The lowest BCUT2D eigenvalue weighted by atomic mass is 10.2. The highest BCUT2D eigenvalue weighted by Gasteiger charge is 2.17. The van der Waals surface area contributed by atoms with Crippen molar-refractivity contribution >= 4 is 17.6 Å². The zero-order valence-electron chi connectivity index (χ0n) is 15.8. The van der Waals surface area contributed by atoms with E-state index < -0.39 is 0 Å². The van der Waals surface area contributed by atoms with Crippen molar-refractivity contribution in [2.45, 2.75) is 32.4 Å². The molecule has 2 aliphatic heterocycles. The van der Waals surface area contributed by atoms with E-state index in [1.165, 1.54) is 0 Å². The smallest absolute Gasteiger partial charge is 0.191 e. The lowest BCUT2D eigenvalue weighted by Gasteiger charge is -2.20. The van der Waals surface area contributed by atoms with Gasteiger partial charge in [0.25, 0.3) is 0 Å². The van der Waals surface area contributed by atoms with E-state index in [2.05, 4.69) is 15.6 Å². The van der Waals surface area contributed by atoms with Crippen LogP contribution in [-0.4, -0.2) is 58.2 Å². The molecule has 1 saturated heterocycles. The molecule has 0 aromatic heterocycles. The van der Waals surface area contributed by atoms with E-state index in [1.54, 1.807) is 0 Å². The van der Waals surface area contributed by atoms with Crippen LogP contribution < -0.4 is 20.1 Å². The number of fused-ring (bicyclic) bond motifs is 1. The van der Waals surface area contributed by atoms with E-state index in [1.807, 2.05) is 19.1 Å². The number of hydrogen-bond donors (Lipinski definition) is 2. The van der Waals surface area contributed by atoms with Crippen molar-refractivity contribution in [1.82, 2.24) is 10.6 Å². The first kappa shape index (κ1) is 20.0. The SMILES string of the molecule is CCNC(=NCc1cc(Cl)c2c(c1)OCCO2)NCCCOC1CCOC1. The van der Waals surface area contributed by atoms with E-state index in [0.717, 1.165) is 57.3 Å². The van der Waals surface area contributed by atoms with Crippen molar-refractivity contribution in [2.24, 2.45) is 4.99 Å². The van der Waals surface area contributed by atoms with Crippen LogP contribution in [0.2, 0.25) is 5.02 Å². The van der Waals surface area contributed by atoms with Crippen LogP contribution in [-0.2, 0) is 16.0 Å². The summed E-state index contributed by atoms with van der Waals surface area (Å²) < 4.78 is 22.3. The second-order valence-corrected chi connectivity index (χ2v) is 6.84. The number of halogens is 1. The molecule has 27 heavy (non-hydrogen) atoms. The van der Waals surface area contributed by atoms with Gasteiger partial charge in [0.15, 0.2) is 17.5 Å². The van der Waals surface area contributed by atoms with E-state index >= 15 is 0 Å². The third kappa shape index (κ3) is 6.16. The normalized spacial score (nSPS) is 19.2. The summed E-state index contributed by atoms with van der Waals surface area (Å²) in [5, 5.41) is 7.14. The Morgan fingerprint density at radius 3 is 2.96 bits per heavy atom. The zero-order chi connectivity index (χ0) is 18.9. The summed E-state index contributed by atoms with van der Waals surface area (Å²) >= 11 is 6.29. The maximum absolute atomic E-state index is 6.29. The number of nitrogens with zero attached hydrogens (tertiary/aromatic N) is 1. The van der Waals surface area contributed by atoms with Crippen molar-refractivity contribution in [1.29, 1.82) is 0 Å². The minimum absolute atomic E-state index is 0.256. The molecule has 0 radical (unpaired) electrons. The molecular formula is C19H28ClN3O4. The van der Waals surface area contributed by atoms with Gasteiger partial charge >= 0.3 is 0 Å². The van der Waals surface area contributed by atoms with E-state index in [-0.39, 0.29) is 6.10 Å². The Morgan fingerprint density at radius 2 is 2.15 bits per heavy atom. The highest BCUT2D eigenvalue weighted by atomic mass is 35.5. The number of benzene rings is 1. The first-order chi connectivity index (χ1) is 13.3. The summed E-state index contributed by atoms with van der Waals surface area (Å²) in [6.07, 6.45) is 2.17. The molecule has 2 aliphatic rings. The molecule has 1 unspecified atom stereocenters. The van der Waals surface area contributed by atoms with Crippen molar-refractivity contribution < 1.29 is 18.9 Å². The molecule has 0 saturated carbocycles. The Morgan fingerprint density at radius 1 is 1.26 bits per heavy atom. The second-order valence-electron chi connectivity index (χ2n) is 6.43. The first-order valence-electron chi connectivity index (χ1n) is 9.56. The molecule has 0 aliphatic carbocycles. The third-order valence-corrected chi connectivity index (χ3v) is 4.56. The average molecular weight is 398 g/mol. The first-order valence-corrected chi connectivity index (χ1v) is 9.93. The summed E-state index contributed by atoms with van der Waals surface area (Å²) in [6, 6.07) is 3.81. The minimum atomic E-state index is 0.256. The van der Waals surface area contributed by atoms with Crippen molar-refractivity contribution in [2.75, 3.05) is 46.1 Å². The van der Waals surface area contributed by atoms with Gasteiger partial charge in [-0.05, 0) is 37.5 Å². The summed E-state index contributed by atoms with van der Waals surface area (Å²) in [4.78, 5) is 4.63. The fourth-order valence-electron chi connectivity index (χ4n) is 2.94. The zero-order valence-corrected chi connectivity index (χ0v) is 16.5. The van der Waals surface area contributed by atoms with E-state index in [4.69, 9.17) is 30.5 Å². The molecule has 0 spiro atoms. The number of hydrogen-bond acceptors (Lipinski definition) is 5. The van der Waals surface area contributed by atoms with Crippen LogP contribution >= 0.6 is 11.6 Å². The maximum Gasteiger partial charge on any atom is 0.191 e. The molecule has 7 nitrogen and oxygen atoms in total. The lowest BCUT2D eigenvalue weighted by molar-refractivity contribution is 0.0420. The molecule has 0 bridgehead atoms. The van der Waals surface area contributed by atoms with Crippen LogP contribution in [0, 0.1) is 0 Å². The molecule has 2 N–H and O–H groups in total. The topological polar surface area (TPSA) is 73.3 Å². The Bertz CT molecular complexity index is 636. The van der Waals surface area contributed by atoms with Gasteiger partial charge in [-0.3, -0.25) is 0 Å². The highest BCUT2D eigenvalue weighted by molar-refractivity contribution is 6.32. The van der Waals surface area contributed by atoms with Crippen molar-refractivity contribution in [3.63, 3.8) is 0 Å². The predicted octanol–water partition coefficient (Wildman–Crippen LogP) is 2.36. The number of ether oxygens (including phenoxy) is 4. The summed E-state index contributed by atoms with van der Waals surface area (Å²) in [5.41, 5.74) is 0.978. The highest BCUT2D eigenvalue weighted by Crippen LogP contribution is 2.38. The Balaban J connectivity index is 1.47. The number of guanidine groups is 1. The van der Waals surface area contributed by atoms with Gasteiger partial charge in [0.1, 0.15) is 13.2 Å². The molecule has 3 rings (SSSR count). The van der Waals surface area contributed by atoms with Gasteiger partial charge in [0.05, 0.1) is 24.3 Å². The molecule has 1 aromatic carbocycles. The Labute approximate surface area is 165 Å². The van der Waals surface area contributed by atoms with Gasteiger partial charge in [-0.25, -0.2) is 4.99 Å². The number of nitrogens with one attached hydrogen (secondary N) is 2. The summed E-state index contributed by atoms with van der Waals surface area (Å²) in [7, 11) is 0. The number of aliphatic imine (C=N–C) groups is 1. The van der Waals surface area contributed by atoms with E-state index in [9.17, 15) is 0 Å². The van der Waals surface area contributed by atoms with Crippen LogP contribution in [0.15, 0.2) is 17.1 Å². The van der Waals surface area contributed by atoms with E-state index in [0.29, 0.717) is 36.3 Å². The van der Waals surface area contributed by atoms with Crippen LogP contribution in [0.5, 0.6) is 11.5 Å². The predicted molar refractivity (Wildman–Crippen MR) is 105 cm³/mol. The minimum Gasteiger partial charge on any atom is -0.486 e. The molecule has 2 heterocycles. The van der Waals surface area contributed by atoms with Crippen LogP contribution in [0.3, 0.4) is 0 Å². The van der Waals surface area contributed by atoms with Crippen LogP contribution in [0.1, 0.15) is 25.3 Å². The molecule has 8 heteroatoms. The molecule has 1 aromatic rings. The van der Waals surface area contributed by atoms with Gasteiger partial charge in [-0.1, -0.05) is 11.6 Å². The number of rotatable bonds is 8. The largest absolute Gasteiger partial charge is 0.486 e. The standard InChI is InChI=1S/C19H28ClN3O4/c1-2-21-19(22-5-3-6-25-15-4-7-24-13-15)23-12-14-10-16(20)18-17(11-14)26-8-9-27-18/h10-11,15H,2-9,12-13H2,1H3,(H2,21,22,23). The van der Waals surface area contributed by atoms with Gasteiger partial charge in [0.2, 0.25) is 0 Å². The maximum atomic E-state index is 6.29. The van der Waals surface area contributed by atoms with Crippen molar-refractivity contribution in [3.8, 4) is 11.5 Å². The average Bonchev–Trinajstić information content (AvgIpc) is 3.19. The third-order valence-electron chi connectivity index (χ3n) is 4.28. The van der Waals surface area contributed by atoms with Crippen LogP contribution in [0.25, 0.3) is 0 Å². The lowest BCUT2D eigenvalue weighted by Crippen LogP contribution is -2.38. The quantitative estimate of drug-likeness (QED) is 0.398. The fraction of sp³-hybridized carbons (Fsp3) is 0.632. The second kappa shape index (κ2) is 10.6. The molecule has 1 fully saturated rings. The Kier molecular flexibility index (Phi) is 7.86. The molecule has 1 atom stereocenters. The van der Waals surface area contributed by atoms with Gasteiger partial charge in [-0.15, -0.1) is 0 Å². The van der Waals surface area contributed by atoms with Crippen molar-refractivity contribution in [3.05, 3.63) is 22.7 Å². The van der Waals surface area contributed by atoms with Gasteiger partial charge < -0.3 is 29.6 Å². The molecular weight excluding hydrogens is 370 g/mol. The monoisotopic (exact) mass is 397 g/mol. The Hall–Kier alpha value is -1.70. The fourth-order valence-corrected chi connectivity index (χ4v) is 3.23. The molecule has 0 amide bonds. The summed E-state index contributed by atoms with van der Waals surface area (Å²) in [6.45, 7) is 7.44. The summed E-state index contributed by atoms with van der Waals surface area (Å²) in [5.74, 6) is 2.08. The van der Waals surface area contributed by atoms with Crippen LogP contribution in [0.4, 0.5) is 0 Å². The molecule has 150 valence electrons. The van der Waals surface area contributed by atoms with Gasteiger partial charge in [-0.2, -0.15) is 0 Å².